The number of benzene rings is 1. The zero-order valence-corrected chi connectivity index (χ0v) is 9.08. The Morgan fingerprint density at radius 1 is 1.46 bits per heavy atom. The van der Waals surface area contributed by atoms with Crippen LogP contribution in [0.25, 0.3) is 10.9 Å². The fraction of sp³-hybridized carbons (Fsp3) is 0.300. The van der Waals surface area contributed by atoms with Gasteiger partial charge in [-0.25, -0.2) is 0 Å². The topological polar surface area (TPSA) is 17.8 Å². The van der Waals surface area contributed by atoms with Crippen LogP contribution in [0.2, 0.25) is 0 Å². The Labute approximate surface area is 85.7 Å². The smallest absolute Gasteiger partial charge is 0.0923 e. The zero-order chi connectivity index (χ0) is 9.26. The summed E-state index contributed by atoms with van der Waals surface area (Å²) in [5.41, 5.74) is 2.36. The molecule has 0 saturated carbocycles. The molecule has 1 aromatic heterocycles. The molecule has 0 aliphatic rings. The Hall–Kier alpha value is -0.830. The molecular formula is C10H11BrN2. The maximum absolute atomic E-state index is 4.43. The minimum absolute atomic E-state index is 0.924. The van der Waals surface area contributed by atoms with Gasteiger partial charge in [0.25, 0.3) is 0 Å². The van der Waals surface area contributed by atoms with E-state index in [1.54, 1.807) is 0 Å². The van der Waals surface area contributed by atoms with E-state index in [-0.39, 0.29) is 0 Å². The van der Waals surface area contributed by atoms with Crippen LogP contribution >= 0.6 is 15.9 Å². The van der Waals surface area contributed by atoms with Crippen LogP contribution < -0.4 is 0 Å². The van der Waals surface area contributed by atoms with E-state index < -0.39 is 0 Å². The van der Waals surface area contributed by atoms with Crippen LogP contribution in [0.5, 0.6) is 0 Å². The maximum Gasteiger partial charge on any atom is 0.0923 e. The summed E-state index contributed by atoms with van der Waals surface area (Å²) in [6.45, 7) is 3.02. The Morgan fingerprint density at radius 3 is 3.08 bits per heavy atom. The third-order valence-electron chi connectivity index (χ3n) is 2.02. The van der Waals surface area contributed by atoms with Crippen LogP contribution in [0.1, 0.15) is 5.56 Å². The monoisotopic (exact) mass is 238 g/mol. The van der Waals surface area contributed by atoms with Crippen LogP contribution in [-0.2, 0) is 6.54 Å². The molecule has 2 rings (SSSR count). The Bertz CT molecular complexity index is 420. The minimum Gasteiger partial charge on any atom is -0.271 e. The summed E-state index contributed by atoms with van der Waals surface area (Å²) in [5.74, 6) is 0. The lowest BCUT2D eigenvalue weighted by molar-refractivity contribution is 0.677. The van der Waals surface area contributed by atoms with Crippen LogP contribution in [-0.4, -0.2) is 15.1 Å². The summed E-state index contributed by atoms with van der Waals surface area (Å²) >= 11 is 3.40. The predicted octanol–water partition coefficient (Wildman–Crippen LogP) is 2.74. The molecule has 3 heteroatoms. The van der Waals surface area contributed by atoms with Gasteiger partial charge < -0.3 is 0 Å². The second-order valence-corrected chi connectivity index (χ2v) is 3.94. The number of halogens is 1. The van der Waals surface area contributed by atoms with Gasteiger partial charge in [-0.05, 0) is 19.1 Å². The predicted molar refractivity (Wildman–Crippen MR) is 58.3 cm³/mol. The highest BCUT2D eigenvalue weighted by Crippen LogP contribution is 2.13. The van der Waals surface area contributed by atoms with Crippen molar-refractivity contribution >= 4 is 26.8 Å². The largest absolute Gasteiger partial charge is 0.271 e. The van der Waals surface area contributed by atoms with Crippen molar-refractivity contribution < 1.29 is 0 Å². The number of aromatic nitrogens is 2. The zero-order valence-electron chi connectivity index (χ0n) is 7.50. The number of fused-ring (bicyclic) bond motifs is 1. The third-order valence-corrected chi connectivity index (χ3v) is 2.38. The van der Waals surface area contributed by atoms with Crippen LogP contribution in [0.3, 0.4) is 0 Å². The first-order valence-electron chi connectivity index (χ1n) is 4.29. The molecule has 0 N–H and O–H groups in total. The maximum atomic E-state index is 4.43. The van der Waals surface area contributed by atoms with E-state index in [2.05, 4.69) is 52.3 Å². The van der Waals surface area contributed by atoms with Gasteiger partial charge in [0, 0.05) is 16.9 Å². The standard InChI is InChI=1S/C10H11BrN2/c1-8-2-3-10-9(6-8)7-13(12-10)5-4-11/h2-3,6-7H,4-5H2,1H3. The van der Waals surface area contributed by atoms with E-state index in [1.807, 2.05) is 4.68 Å². The van der Waals surface area contributed by atoms with E-state index in [1.165, 1.54) is 10.9 Å². The Balaban J connectivity index is 2.49. The van der Waals surface area contributed by atoms with E-state index in [4.69, 9.17) is 0 Å². The average molecular weight is 239 g/mol. The molecule has 0 amide bonds. The van der Waals surface area contributed by atoms with Gasteiger partial charge in [-0.1, -0.05) is 27.6 Å². The molecule has 2 nitrogen and oxygen atoms in total. The average Bonchev–Trinajstić information content (AvgIpc) is 2.46. The van der Waals surface area contributed by atoms with E-state index in [0.29, 0.717) is 0 Å². The molecule has 0 aliphatic carbocycles. The van der Waals surface area contributed by atoms with Crippen molar-refractivity contribution in [2.24, 2.45) is 0 Å². The van der Waals surface area contributed by atoms with Crippen molar-refractivity contribution in [1.82, 2.24) is 9.78 Å². The van der Waals surface area contributed by atoms with Crippen molar-refractivity contribution in [2.45, 2.75) is 13.5 Å². The molecule has 68 valence electrons. The summed E-state index contributed by atoms with van der Waals surface area (Å²) in [7, 11) is 0. The third kappa shape index (κ3) is 1.75. The van der Waals surface area contributed by atoms with Crippen LogP contribution in [0, 0.1) is 6.92 Å². The van der Waals surface area contributed by atoms with E-state index in [0.717, 1.165) is 17.4 Å². The van der Waals surface area contributed by atoms with Crippen molar-refractivity contribution in [3.05, 3.63) is 30.0 Å². The van der Waals surface area contributed by atoms with Gasteiger partial charge in [0.05, 0.1) is 12.1 Å². The molecule has 0 saturated heterocycles. The molecule has 1 heterocycles. The first kappa shape index (κ1) is 8.75. The lowest BCUT2D eigenvalue weighted by Crippen LogP contribution is -1.97. The fourth-order valence-corrected chi connectivity index (χ4v) is 1.76. The summed E-state index contributed by atoms with van der Waals surface area (Å²) in [6, 6.07) is 6.32. The van der Waals surface area contributed by atoms with E-state index in [9.17, 15) is 0 Å². The summed E-state index contributed by atoms with van der Waals surface area (Å²) in [5, 5.41) is 6.60. The van der Waals surface area contributed by atoms with Gasteiger partial charge >= 0.3 is 0 Å². The number of nitrogens with zero attached hydrogens (tertiary/aromatic N) is 2. The molecular weight excluding hydrogens is 228 g/mol. The molecule has 0 bridgehead atoms. The van der Waals surface area contributed by atoms with Gasteiger partial charge in [0.1, 0.15) is 0 Å². The molecule has 0 fully saturated rings. The van der Waals surface area contributed by atoms with Crippen LogP contribution in [0.15, 0.2) is 24.4 Å². The summed E-state index contributed by atoms with van der Waals surface area (Å²) in [6.07, 6.45) is 2.09. The molecule has 0 spiro atoms. The number of hydrogen-bond donors (Lipinski definition) is 0. The minimum atomic E-state index is 0.924. The second-order valence-electron chi connectivity index (χ2n) is 3.14. The molecule has 0 aliphatic heterocycles. The van der Waals surface area contributed by atoms with Gasteiger partial charge in [-0.2, -0.15) is 5.10 Å². The van der Waals surface area contributed by atoms with E-state index >= 15 is 0 Å². The molecule has 0 atom stereocenters. The molecule has 1 aromatic carbocycles. The number of hydrogen-bond acceptors (Lipinski definition) is 1. The second kappa shape index (κ2) is 3.50. The molecule has 13 heavy (non-hydrogen) atoms. The Morgan fingerprint density at radius 2 is 2.31 bits per heavy atom. The van der Waals surface area contributed by atoms with Crippen molar-refractivity contribution in [2.75, 3.05) is 5.33 Å². The normalized spacial score (nSPS) is 10.9. The summed E-state index contributed by atoms with van der Waals surface area (Å²) in [4.78, 5) is 0. The lowest BCUT2D eigenvalue weighted by atomic mass is 10.2. The van der Waals surface area contributed by atoms with Crippen molar-refractivity contribution in [1.29, 1.82) is 0 Å². The van der Waals surface area contributed by atoms with Gasteiger partial charge in [0.15, 0.2) is 0 Å². The lowest BCUT2D eigenvalue weighted by Gasteiger charge is -1.92. The molecule has 2 aromatic rings. The number of aryl methyl sites for hydroxylation is 2. The molecule has 0 unspecified atom stereocenters. The highest BCUT2D eigenvalue weighted by atomic mass is 79.9. The summed E-state index contributed by atoms with van der Waals surface area (Å²) < 4.78 is 1.97. The highest BCUT2D eigenvalue weighted by molar-refractivity contribution is 9.09. The van der Waals surface area contributed by atoms with Crippen molar-refractivity contribution in [3.63, 3.8) is 0 Å². The first-order chi connectivity index (χ1) is 6.29. The quantitative estimate of drug-likeness (QED) is 0.737. The highest BCUT2D eigenvalue weighted by Gasteiger charge is 1.99. The fourth-order valence-electron chi connectivity index (χ4n) is 1.40. The van der Waals surface area contributed by atoms with Gasteiger partial charge in [-0.15, -0.1) is 0 Å². The van der Waals surface area contributed by atoms with Crippen LogP contribution in [0.4, 0.5) is 0 Å². The molecule has 0 radical (unpaired) electrons. The SMILES string of the molecule is Cc1ccc2nn(CCBr)cc2c1. The van der Waals surface area contributed by atoms with Gasteiger partial charge in [0.2, 0.25) is 0 Å². The Kier molecular flexibility index (Phi) is 2.36. The van der Waals surface area contributed by atoms with Gasteiger partial charge in [-0.3, -0.25) is 4.68 Å². The van der Waals surface area contributed by atoms with Crippen molar-refractivity contribution in [3.8, 4) is 0 Å². The number of rotatable bonds is 2. The number of alkyl halides is 1. The first-order valence-corrected chi connectivity index (χ1v) is 5.41.